The van der Waals surface area contributed by atoms with Gasteiger partial charge < -0.3 is 14.2 Å². The number of rotatable bonds is 4. The topological polar surface area (TPSA) is 61.8 Å². The second kappa shape index (κ2) is 5.34. The third kappa shape index (κ3) is 3.28. The molecule has 0 atom stereocenters. The second-order valence-electron chi connectivity index (χ2n) is 3.88. The fourth-order valence-corrected chi connectivity index (χ4v) is 2.78. The van der Waals surface area contributed by atoms with E-state index in [1.165, 1.54) is 7.11 Å². The molecule has 0 aliphatic carbocycles. The lowest BCUT2D eigenvalue weighted by molar-refractivity contribution is 0.167. The van der Waals surface area contributed by atoms with Gasteiger partial charge in [0.05, 0.1) is 12.4 Å². The highest BCUT2D eigenvalue weighted by molar-refractivity contribution is 8.13. The van der Waals surface area contributed by atoms with Gasteiger partial charge in [0.1, 0.15) is 13.2 Å². The van der Waals surface area contributed by atoms with Crippen LogP contribution in [0.1, 0.15) is 11.1 Å². The predicted octanol–water partition coefficient (Wildman–Crippen LogP) is 1.67. The van der Waals surface area contributed by atoms with Gasteiger partial charge in [-0.05, 0) is 23.3 Å². The first-order chi connectivity index (χ1) is 8.49. The zero-order chi connectivity index (χ0) is 13.2. The molecular weight excluding hydrogens is 280 g/mol. The first kappa shape index (κ1) is 13.5. The van der Waals surface area contributed by atoms with Crippen molar-refractivity contribution in [1.82, 2.24) is 0 Å². The lowest BCUT2D eigenvalue weighted by atomic mass is 10.1. The molecule has 0 radical (unpaired) electrons. The molecule has 0 N–H and O–H groups in total. The minimum atomic E-state index is -3.62. The Kier molecular flexibility index (Phi) is 3.99. The Balaban J connectivity index is 2.41. The van der Waals surface area contributed by atoms with Crippen LogP contribution in [0.4, 0.5) is 0 Å². The average molecular weight is 293 g/mol. The van der Waals surface area contributed by atoms with Gasteiger partial charge in [-0.1, -0.05) is 0 Å². The number of benzene rings is 1. The summed E-state index contributed by atoms with van der Waals surface area (Å²) < 4.78 is 38.2. The molecule has 100 valence electrons. The maximum atomic E-state index is 11.2. The van der Waals surface area contributed by atoms with E-state index in [0.717, 1.165) is 5.56 Å². The molecule has 0 unspecified atom stereocenters. The van der Waals surface area contributed by atoms with Gasteiger partial charge in [-0.3, -0.25) is 0 Å². The van der Waals surface area contributed by atoms with Crippen molar-refractivity contribution in [1.29, 1.82) is 0 Å². The molecule has 0 saturated heterocycles. The van der Waals surface area contributed by atoms with Gasteiger partial charge in [0.15, 0.2) is 11.5 Å². The fraction of sp³-hybridized carbons (Fsp3) is 0.455. The van der Waals surface area contributed by atoms with Crippen LogP contribution in [-0.2, 0) is 26.1 Å². The maximum absolute atomic E-state index is 11.2. The smallest absolute Gasteiger partial charge is 0.236 e. The molecule has 0 saturated carbocycles. The Morgan fingerprint density at radius 3 is 2.28 bits per heavy atom. The first-order valence-electron chi connectivity index (χ1n) is 5.32. The largest absolute Gasteiger partial charge is 0.486 e. The number of hydrogen-bond donors (Lipinski definition) is 0. The van der Waals surface area contributed by atoms with Crippen LogP contribution in [0.2, 0.25) is 0 Å². The summed E-state index contributed by atoms with van der Waals surface area (Å²) in [4.78, 5) is 0. The van der Waals surface area contributed by atoms with Crippen molar-refractivity contribution >= 4 is 19.7 Å². The van der Waals surface area contributed by atoms with E-state index >= 15 is 0 Å². The van der Waals surface area contributed by atoms with E-state index in [0.29, 0.717) is 36.9 Å². The van der Waals surface area contributed by atoms with Crippen molar-refractivity contribution < 1.29 is 22.6 Å². The van der Waals surface area contributed by atoms with E-state index in [1.807, 2.05) is 0 Å². The molecule has 5 nitrogen and oxygen atoms in total. The van der Waals surface area contributed by atoms with Gasteiger partial charge in [0.25, 0.3) is 0 Å². The van der Waals surface area contributed by atoms with Crippen molar-refractivity contribution in [3.05, 3.63) is 23.3 Å². The summed E-state index contributed by atoms with van der Waals surface area (Å²) in [6.07, 6.45) is 0. The van der Waals surface area contributed by atoms with Crippen LogP contribution in [0.3, 0.4) is 0 Å². The summed E-state index contributed by atoms with van der Waals surface area (Å²) in [5.74, 6) is 0.879. The van der Waals surface area contributed by atoms with Crippen LogP contribution in [0.25, 0.3) is 0 Å². The molecule has 2 rings (SSSR count). The fourth-order valence-electron chi connectivity index (χ4n) is 1.78. The lowest BCUT2D eigenvalue weighted by Crippen LogP contribution is -2.16. The van der Waals surface area contributed by atoms with Crippen LogP contribution in [0, 0.1) is 0 Å². The van der Waals surface area contributed by atoms with Gasteiger partial charge in [-0.25, -0.2) is 8.42 Å². The van der Waals surface area contributed by atoms with Gasteiger partial charge in [0, 0.05) is 17.8 Å². The molecule has 18 heavy (non-hydrogen) atoms. The van der Waals surface area contributed by atoms with Gasteiger partial charge in [0.2, 0.25) is 9.05 Å². The van der Waals surface area contributed by atoms with Gasteiger partial charge >= 0.3 is 0 Å². The summed E-state index contributed by atoms with van der Waals surface area (Å²) in [7, 11) is 3.20. The summed E-state index contributed by atoms with van der Waals surface area (Å²) in [5, 5.41) is 0. The van der Waals surface area contributed by atoms with Crippen molar-refractivity contribution in [2.24, 2.45) is 0 Å². The molecule has 0 amide bonds. The zero-order valence-corrected chi connectivity index (χ0v) is 11.4. The summed E-state index contributed by atoms with van der Waals surface area (Å²) in [6, 6.07) is 3.37. The highest BCUT2D eigenvalue weighted by Gasteiger charge is 2.18. The number of methoxy groups -OCH3 is 1. The van der Waals surface area contributed by atoms with E-state index in [9.17, 15) is 8.42 Å². The minimum absolute atomic E-state index is 0.260. The number of fused-ring (bicyclic) bond motifs is 1. The quantitative estimate of drug-likeness (QED) is 0.790. The van der Waals surface area contributed by atoms with E-state index in [2.05, 4.69) is 0 Å². The van der Waals surface area contributed by atoms with Crippen molar-refractivity contribution in [3.63, 3.8) is 0 Å². The summed E-state index contributed by atoms with van der Waals surface area (Å²) in [5.41, 5.74) is 1.29. The van der Waals surface area contributed by atoms with Crippen molar-refractivity contribution in [2.45, 2.75) is 12.4 Å². The molecule has 1 aliphatic heterocycles. The van der Waals surface area contributed by atoms with Gasteiger partial charge in [-0.15, -0.1) is 0 Å². The van der Waals surface area contributed by atoms with Crippen LogP contribution < -0.4 is 9.47 Å². The Labute approximate surface area is 110 Å². The Morgan fingerprint density at radius 2 is 1.78 bits per heavy atom. The molecule has 0 bridgehead atoms. The van der Waals surface area contributed by atoms with Crippen LogP contribution in [0.15, 0.2) is 12.1 Å². The molecule has 0 aromatic heterocycles. The number of ether oxygens (including phenoxy) is 3. The predicted molar refractivity (Wildman–Crippen MR) is 66.6 cm³/mol. The second-order valence-corrected chi connectivity index (χ2v) is 6.66. The molecule has 7 heteroatoms. The van der Waals surface area contributed by atoms with Crippen molar-refractivity contribution in [2.75, 3.05) is 20.3 Å². The third-order valence-electron chi connectivity index (χ3n) is 2.49. The molecular formula is C11H13ClO5S. The SMILES string of the molecule is COCc1cc2c(cc1CS(=O)(=O)Cl)OCCO2. The van der Waals surface area contributed by atoms with Crippen LogP contribution in [-0.4, -0.2) is 28.7 Å². The van der Waals surface area contributed by atoms with E-state index in [1.54, 1.807) is 12.1 Å². The Bertz CT molecular complexity index is 541. The first-order valence-corrected chi connectivity index (χ1v) is 7.80. The number of halogens is 1. The number of hydrogen-bond acceptors (Lipinski definition) is 5. The normalized spacial score (nSPS) is 14.6. The molecule has 1 aliphatic rings. The summed E-state index contributed by atoms with van der Waals surface area (Å²) in [6.45, 7) is 1.22. The summed E-state index contributed by atoms with van der Waals surface area (Å²) >= 11 is 0. The zero-order valence-electron chi connectivity index (χ0n) is 9.81. The van der Waals surface area contributed by atoms with Gasteiger partial charge in [-0.2, -0.15) is 0 Å². The van der Waals surface area contributed by atoms with Crippen LogP contribution >= 0.6 is 10.7 Å². The minimum Gasteiger partial charge on any atom is -0.486 e. The molecule has 1 heterocycles. The molecule has 0 fully saturated rings. The van der Waals surface area contributed by atoms with Crippen LogP contribution in [0.5, 0.6) is 11.5 Å². The molecule has 1 aromatic rings. The molecule has 1 aromatic carbocycles. The monoisotopic (exact) mass is 292 g/mol. The standard InChI is InChI=1S/C11H13ClO5S/c1-15-6-8-4-10-11(17-3-2-16-10)5-9(8)7-18(12,13)14/h4-5H,2-3,6-7H2,1H3. The van der Waals surface area contributed by atoms with Crippen molar-refractivity contribution in [3.8, 4) is 11.5 Å². The Morgan fingerprint density at radius 1 is 1.22 bits per heavy atom. The van der Waals surface area contributed by atoms with E-state index in [-0.39, 0.29) is 5.75 Å². The molecule has 0 spiro atoms. The third-order valence-corrected chi connectivity index (χ3v) is 3.48. The Hall–Kier alpha value is -0.980. The average Bonchev–Trinajstić information content (AvgIpc) is 2.28. The highest BCUT2D eigenvalue weighted by atomic mass is 35.7. The highest BCUT2D eigenvalue weighted by Crippen LogP contribution is 2.34. The van der Waals surface area contributed by atoms with E-state index < -0.39 is 9.05 Å². The maximum Gasteiger partial charge on any atom is 0.236 e. The van der Waals surface area contributed by atoms with E-state index in [4.69, 9.17) is 24.9 Å². The lowest BCUT2D eigenvalue weighted by Gasteiger charge is -2.20.